The number of benzene rings is 9. The minimum atomic E-state index is -0.222. The summed E-state index contributed by atoms with van der Waals surface area (Å²) in [6.45, 7) is 19.0. The number of nitrogens with zero attached hydrogens (tertiary/aromatic N) is 1. The first-order chi connectivity index (χ1) is 35.2. The van der Waals surface area contributed by atoms with Crippen LogP contribution in [0.3, 0.4) is 0 Å². The molecule has 0 saturated heterocycles. The molecule has 0 atom stereocenters. The largest absolute Gasteiger partial charge is 0.456 e. The van der Waals surface area contributed by atoms with Crippen molar-refractivity contribution in [3.8, 4) is 22.3 Å². The van der Waals surface area contributed by atoms with Crippen molar-refractivity contribution in [2.75, 3.05) is 10.2 Å². The molecule has 9 aromatic carbocycles. The Hall–Kier alpha value is -7.41. The molecule has 2 aliphatic heterocycles. The summed E-state index contributed by atoms with van der Waals surface area (Å²) >= 11 is 1.90. The second kappa shape index (κ2) is 15.8. The molecule has 6 heteroatoms. The fourth-order valence-electron chi connectivity index (χ4n) is 12.7. The molecular weight excluding hydrogens is 908 g/mol. The van der Waals surface area contributed by atoms with E-state index in [2.05, 4.69) is 237 Å². The van der Waals surface area contributed by atoms with Gasteiger partial charge in [0.1, 0.15) is 16.7 Å². The molecule has 0 amide bonds. The molecule has 1 aliphatic carbocycles. The van der Waals surface area contributed by atoms with Crippen LogP contribution in [0.25, 0.3) is 66.1 Å². The molecule has 14 rings (SSSR count). The summed E-state index contributed by atoms with van der Waals surface area (Å²) in [5, 5.41) is 8.40. The van der Waals surface area contributed by atoms with E-state index < -0.39 is 0 Å². The van der Waals surface area contributed by atoms with Gasteiger partial charge in [-0.25, -0.2) is 0 Å². The highest BCUT2D eigenvalue weighted by atomic mass is 32.2. The van der Waals surface area contributed by atoms with Crippen molar-refractivity contribution >= 4 is 102 Å². The van der Waals surface area contributed by atoms with E-state index in [0.717, 1.165) is 101 Å². The quantitative estimate of drug-likeness (QED) is 0.174. The molecular formula is C67H56BN2O2S. The molecule has 0 fully saturated rings. The normalized spacial score (nSPS) is 15.9. The van der Waals surface area contributed by atoms with E-state index in [1.54, 1.807) is 0 Å². The summed E-state index contributed by atoms with van der Waals surface area (Å²) in [6.07, 6.45) is 2.29. The van der Waals surface area contributed by atoms with E-state index in [-0.39, 0.29) is 16.2 Å². The van der Waals surface area contributed by atoms with Gasteiger partial charge in [-0.15, -0.1) is 0 Å². The summed E-state index contributed by atoms with van der Waals surface area (Å²) < 4.78 is 14.2. The van der Waals surface area contributed by atoms with E-state index >= 15 is 0 Å². The molecule has 355 valence electrons. The Kier molecular flexibility index (Phi) is 9.59. The predicted octanol–water partition coefficient (Wildman–Crippen LogP) is 17.8. The number of rotatable bonds is 5. The number of hydrogen-bond donors (Lipinski definition) is 1. The summed E-state index contributed by atoms with van der Waals surface area (Å²) in [7, 11) is 2.47. The Morgan fingerprint density at radius 1 is 0.534 bits per heavy atom. The first-order valence-corrected chi connectivity index (χ1v) is 26.7. The van der Waals surface area contributed by atoms with Crippen molar-refractivity contribution in [3.63, 3.8) is 0 Å². The maximum absolute atomic E-state index is 7.09. The van der Waals surface area contributed by atoms with Crippen LogP contribution >= 0.6 is 11.8 Å². The lowest BCUT2D eigenvalue weighted by Gasteiger charge is -2.44. The lowest BCUT2D eigenvalue weighted by Crippen LogP contribution is -2.42. The fraction of sp³-hybridized carbons (Fsp3) is 0.194. The van der Waals surface area contributed by atoms with Crippen molar-refractivity contribution in [1.29, 1.82) is 0 Å². The molecule has 0 saturated carbocycles. The highest BCUT2D eigenvalue weighted by Crippen LogP contribution is 2.55. The van der Waals surface area contributed by atoms with Crippen molar-refractivity contribution in [1.82, 2.24) is 0 Å². The lowest BCUT2D eigenvalue weighted by atomic mass is 9.57. The number of hydrogen-bond acceptors (Lipinski definition) is 5. The highest BCUT2D eigenvalue weighted by Gasteiger charge is 2.41. The fourth-order valence-corrected chi connectivity index (χ4v) is 14.1. The molecule has 73 heavy (non-hydrogen) atoms. The summed E-state index contributed by atoms with van der Waals surface area (Å²) in [5.74, 6) is 0. The molecule has 1 N–H and O–H groups in total. The zero-order valence-electron chi connectivity index (χ0n) is 42.8. The van der Waals surface area contributed by atoms with Gasteiger partial charge < -0.3 is 19.1 Å². The summed E-state index contributed by atoms with van der Waals surface area (Å²) in [6, 6.07) is 60.3. The van der Waals surface area contributed by atoms with Gasteiger partial charge in [0.2, 0.25) is 0 Å². The summed E-state index contributed by atoms with van der Waals surface area (Å²) in [5.41, 5.74) is 23.3. The minimum Gasteiger partial charge on any atom is -0.456 e. The van der Waals surface area contributed by atoms with Crippen molar-refractivity contribution in [2.45, 2.75) is 94.3 Å². The molecule has 1 radical (unpaired) electrons. The SMILES string of the molecule is Cc1ccc(Nc2c(-c3c4c(cc5oc6ccccc6c35)N(c3cc5c(cc3C)C(C)(C)CCC5(C)C)c3cc5c(cc3[B]4)Sc3ccccc3C5(C)C)ccc3c2oc2ccccc23)c(-c2ccccc2)c1. The maximum atomic E-state index is 7.09. The van der Waals surface area contributed by atoms with Gasteiger partial charge in [0.15, 0.2) is 12.9 Å². The predicted molar refractivity (Wildman–Crippen MR) is 309 cm³/mol. The van der Waals surface area contributed by atoms with Crippen molar-refractivity contribution in [2.24, 2.45) is 0 Å². The third-order valence-corrected chi connectivity index (χ3v) is 17.9. The first kappa shape index (κ1) is 44.3. The number of anilines is 5. The second-order valence-corrected chi connectivity index (χ2v) is 23.8. The van der Waals surface area contributed by atoms with Gasteiger partial charge in [0.05, 0.1) is 5.69 Å². The molecule has 2 aromatic heterocycles. The monoisotopic (exact) mass is 963 g/mol. The van der Waals surface area contributed by atoms with Crippen LogP contribution in [0, 0.1) is 13.8 Å². The Morgan fingerprint density at radius 2 is 1.22 bits per heavy atom. The van der Waals surface area contributed by atoms with Gasteiger partial charge >= 0.3 is 0 Å². The Bertz CT molecular complexity index is 4140. The average Bonchev–Trinajstić information content (AvgIpc) is 3.96. The molecule has 0 unspecified atom stereocenters. The van der Waals surface area contributed by atoms with E-state index in [9.17, 15) is 0 Å². The van der Waals surface area contributed by atoms with Crippen LogP contribution in [0.4, 0.5) is 28.4 Å². The van der Waals surface area contributed by atoms with Gasteiger partial charge in [-0.05, 0) is 130 Å². The Morgan fingerprint density at radius 3 is 2.01 bits per heavy atom. The zero-order chi connectivity index (χ0) is 49.7. The molecule has 11 aromatic rings. The summed E-state index contributed by atoms with van der Waals surface area (Å²) in [4.78, 5) is 5.20. The molecule has 0 spiro atoms. The van der Waals surface area contributed by atoms with Gasteiger partial charge in [-0.3, -0.25) is 0 Å². The Balaban J connectivity index is 1.10. The van der Waals surface area contributed by atoms with Crippen LogP contribution in [0.1, 0.15) is 87.8 Å². The highest BCUT2D eigenvalue weighted by molar-refractivity contribution is 7.99. The van der Waals surface area contributed by atoms with E-state index in [1.807, 2.05) is 11.8 Å². The van der Waals surface area contributed by atoms with Crippen LogP contribution in [0.15, 0.2) is 182 Å². The molecule has 4 heterocycles. The minimum absolute atomic E-state index is 0.00403. The molecule has 4 nitrogen and oxygen atoms in total. The zero-order valence-corrected chi connectivity index (χ0v) is 43.6. The van der Waals surface area contributed by atoms with E-state index in [0.29, 0.717) is 0 Å². The van der Waals surface area contributed by atoms with Crippen molar-refractivity contribution in [3.05, 3.63) is 197 Å². The second-order valence-electron chi connectivity index (χ2n) is 22.7. The van der Waals surface area contributed by atoms with Crippen LogP contribution in [0.5, 0.6) is 0 Å². The van der Waals surface area contributed by atoms with Crippen LogP contribution in [-0.2, 0) is 16.2 Å². The number of furan rings is 2. The number of fused-ring (bicyclic) bond motifs is 11. The van der Waals surface area contributed by atoms with Gasteiger partial charge in [0, 0.05) is 76.7 Å². The van der Waals surface area contributed by atoms with Gasteiger partial charge in [-0.2, -0.15) is 0 Å². The van der Waals surface area contributed by atoms with Crippen LogP contribution < -0.4 is 21.1 Å². The Labute approximate surface area is 432 Å². The molecule has 3 aliphatic rings. The third kappa shape index (κ3) is 6.68. The van der Waals surface area contributed by atoms with Crippen LogP contribution in [0.2, 0.25) is 0 Å². The topological polar surface area (TPSA) is 41.6 Å². The number of aryl methyl sites for hydroxylation is 2. The van der Waals surface area contributed by atoms with E-state index in [1.165, 1.54) is 60.0 Å². The third-order valence-electron chi connectivity index (χ3n) is 16.8. The first-order valence-electron chi connectivity index (χ1n) is 25.9. The maximum Gasteiger partial charge on any atom is 0.197 e. The van der Waals surface area contributed by atoms with Gasteiger partial charge in [-0.1, -0.05) is 174 Å². The van der Waals surface area contributed by atoms with E-state index in [4.69, 9.17) is 8.83 Å². The lowest BCUT2D eigenvalue weighted by molar-refractivity contribution is 0.332. The van der Waals surface area contributed by atoms with Crippen molar-refractivity contribution < 1.29 is 8.83 Å². The molecule has 0 bridgehead atoms. The smallest absolute Gasteiger partial charge is 0.197 e. The van der Waals surface area contributed by atoms with Gasteiger partial charge in [0.25, 0.3) is 0 Å². The average molecular weight is 964 g/mol. The van der Waals surface area contributed by atoms with Crippen LogP contribution in [-0.4, -0.2) is 7.28 Å². The standard InChI is InChI=1S/C67H56BN2O2S/c1-38-26-29-51(45(32-38)40-18-10-9-11-19-40)69-63-44(28-27-42-41-20-12-15-23-55(41)72-64(42)63)61-60-43-21-13-16-24-56(43)71-57(60)37-54-62(61)68-50-36-59-49(67(7,8)46-22-14-17-25-58(46)73-59)35-53(50)70(54)52-34-48-47(33-39(52)2)65(3,4)30-31-66(48,5)6/h9-29,32-37,69H,30-31H2,1-8H3. The number of para-hydroxylation sites is 2. The number of nitrogens with one attached hydrogen (secondary N) is 1.